The summed E-state index contributed by atoms with van der Waals surface area (Å²) in [5.74, 6) is 0.213. The molecule has 0 radical (unpaired) electrons. The zero-order valence-corrected chi connectivity index (χ0v) is 13.2. The summed E-state index contributed by atoms with van der Waals surface area (Å²) < 4.78 is 0. The van der Waals surface area contributed by atoms with E-state index in [2.05, 4.69) is 20.5 Å². The predicted molar refractivity (Wildman–Crippen MR) is 94.2 cm³/mol. The maximum Gasteiger partial charge on any atom is 0.244 e. The van der Waals surface area contributed by atoms with Crippen LogP contribution in [0.4, 0.5) is 5.95 Å². The number of rotatable bonds is 3. The van der Waals surface area contributed by atoms with Gasteiger partial charge in [0.05, 0.1) is 11.2 Å². The highest BCUT2D eigenvalue weighted by molar-refractivity contribution is 6.31. The minimum atomic E-state index is -0.0957. The van der Waals surface area contributed by atoms with Crippen LogP contribution in [0.5, 0.6) is 0 Å². The largest absolute Gasteiger partial charge is 0.369 e. The van der Waals surface area contributed by atoms with Crippen molar-refractivity contribution >= 4 is 34.4 Å². The van der Waals surface area contributed by atoms with Gasteiger partial charge in [-0.05, 0) is 25.1 Å². The molecule has 0 saturated carbocycles. The fourth-order valence-electron chi connectivity index (χ4n) is 2.20. The van der Waals surface area contributed by atoms with Crippen molar-refractivity contribution in [2.45, 2.75) is 6.92 Å². The lowest BCUT2D eigenvalue weighted by Gasteiger charge is -2.09. The van der Waals surface area contributed by atoms with Crippen molar-refractivity contribution in [1.82, 2.24) is 9.97 Å². The molecule has 0 unspecified atom stereocenters. The van der Waals surface area contributed by atoms with Crippen molar-refractivity contribution in [3.63, 3.8) is 0 Å². The van der Waals surface area contributed by atoms with Crippen LogP contribution >= 0.6 is 11.6 Å². The van der Waals surface area contributed by atoms with Crippen LogP contribution in [0, 0.1) is 6.92 Å². The van der Waals surface area contributed by atoms with Gasteiger partial charge in [0, 0.05) is 16.0 Å². The van der Waals surface area contributed by atoms with E-state index in [1.54, 1.807) is 6.07 Å². The van der Waals surface area contributed by atoms with E-state index in [9.17, 15) is 0 Å². The van der Waals surface area contributed by atoms with Crippen molar-refractivity contribution in [2.24, 2.45) is 16.6 Å². The van der Waals surface area contributed by atoms with Gasteiger partial charge >= 0.3 is 0 Å². The van der Waals surface area contributed by atoms with Gasteiger partial charge in [-0.3, -0.25) is 0 Å². The fourth-order valence-corrected chi connectivity index (χ4v) is 2.37. The second-order valence-corrected chi connectivity index (χ2v) is 5.51. The molecule has 2 aromatic carbocycles. The SMILES string of the molecule is Cc1ccc(-c2nc(NN=C(N)N)nc3ccc(Cl)cc23)cc1. The van der Waals surface area contributed by atoms with Crippen LogP contribution in [-0.2, 0) is 0 Å². The summed E-state index contributed by atoms with van der Waals surface area (Å²) in [6, 6.07) is 13.5. The second-order valence-electron chi connectivity index (χ2n) is 5.07. The monoisotopic (exact) mass is 326 g/mol. The molecule has 116 valence electrons. The maximum atomic E-state index is 6.12. The van der Waals surface area contributed by atoms with Crippen LogP contribution in [0.25, 0.3) is 22.2 Å². The summed E-state index contributed by atoms with van der Waals surface area (Å²) in [7, 11) is 0. The average molecular weight is 327 g/mol. The summed E-state index contributed by atoms with van der Waals surface area (Å²) in [6.45, 7) is 2.03. The van der Waals surface area contributed by atoms with Gasteiger partial charge in [0.25, 0.3) is 0 Å². The number of aromatic nitrogens is 2. The Morgan fingerprint density at radius 3 is 2.52 bits per heavy atom. The van der Waals surface area contributed by atoms with Crippen LogP contribution in [0.1, 0.15) is 5.56 Å². The third kappa shape index (κ3) is 3.32. The number of halogens is 1. The lowest BCUT2D eigenvalue weighted by atomic mass is 10.1. The molecule has 7 heteroatoms. The number of fused-ring (bicyclic) bond motifs is 1. The van der Waals surface area contributed by atoms with E-state index < -0.39 is 0 Å². The molecule has 0 atom stereocenters. The van der Waals surface area contributed by atoms with E-state index in [0.29, 0.717) is 11.0 Å². The van der Waals surface area contributed by atoms with E-state index in [1.165, 1.54) is 5.56 Å². The average Bonchev–Trinajstić information content (AvgIpc) is 2.53. The standard InChI is InChI=1S/C16H15ClN6/c1-9-2-4-10(5-3-9)14-12-8-11(17)6-7-13(12)20-16(21-14)23-22-15(18)19/h2-8H,1H3,(H4,18,19,22)(H,20,21,23). The first-order valence-electron chi connectivity index (χ1n) is 6.92. The molecule has 23 heavy (non-hydrogen) atoms. The molecule has 1 heterocycles. The molecule has 5 N–H and O–H groups in total. The molecule has 1 aromatic heterocycles. The summed E-state index contributed by atoms with van der Waals surface area (Å²) >= 11 is 6.12. The Morgan fingerprint density at radius 2 is 1.83 bits per heavy atom. The molecule has 0 bridgehead atoms. The van der Waals surface area contributed by atoms with Crippen LogP contribution < -0.4 is 16.9 Å². The van der Waals surface area contributed by atoms with Gasteiger partial charge in [-0.25, -0.2) is 15.4 Å². The van der Waals surface area contributed by atoms with Gasteiger partial charge in [0.15, 0.2) is 0 Å². The molecule has 6 nitrogen and oxygen atoms in total. The molecule has 0 spiro atoms. The molecule has 0 aliphatic heterocycles. The minimum Gasteiger partial charge on any atom is -0.369 e. The number of guanidine groups is 1. The first kappa shape index (κ1) is 15.1. The zero-order valence-electron chi connectivity index (χ0n) is 12.4. The number of nitrogens with zero attached hydrogens (tertiary/aromatic N) is 3. The Hall–Kier alpha value is -2.86. The van der Waals surface area contributed by atoms with Gasteiger partial charge in [-0.1, -0.05) is 41.4 Å². The van der Waals surface area contributed by atoms with Gasteiger partial charge < -0.3 is 11.5 Å². The van der Waals surface area contributed by atoms with Crippen molar-refractivity contribution < 1.29 is 0 Å². The van der Waals surface area contributed by atoms with Crippen molar-refractivity contribution in [3.05, 3.63) is 53.1 Å². The van der Waals surface area contributed by atoms with E-state index in [-0.39, 0.29) is 5.96 Å². The molecular formula is C16H15ClN6. The lowest BCUT2D eigenvalue weighted by Crippen LogP contribution is -2.24. The Bertz CT molecular complexity index is 885. The minimum absolute atomic E-state index is 0.0957. The zero-order chi connectivity index (χ0) is 16.4. The van der Waals surface area contributed by atoms with Crippen LogP contribution in [0.2, 0.25) is 5.02 Å². The topological polar surface area (TPSA) is 102 Å². The van der Waals surface area contributed by atoms with Gasteiger partial charge in [0.1, 0.15) is 0 Å². The van der Waals surface area contributed by atoms with Crippen molar-refractivity contribution in [2.75, 3.05) is 5.43 Å². The van der Waals surface area contributed by atoms with Gasteiger partial charge in [-0.2, -0.15) is 0 Å². The number of hydrogen-bond donors (Lipinski definition) is 3. The smallest absolute Gasteiger partial charge is 0.244 e. The Kier molecular flexibility index (Phi) is 3.99. The number of anilines is 1. The number of aryl methyl sites for hydroxylation is 1. The number of hydrogen-bond acceptors (Lipinski definition) is 4. The Morgan fingerprint density at radius 1 is 1.09 bits per heavy atom. The Balaban J connectivity index is 2.21. The quantitative estimate of drug-likeness (QED) is 0.390. The van der Waals surface area contributed by atoms with Crippen LogP contribution in [-0.4, -0.2) is 15.9 Å². The second kappa shape index (κ2) is 6.10. The van der Waals surface area contributed by atoms with Crippen LogP contribution in [0.3, 0.4) is 0 Å². The molecular weight excluding hydrogens is 312 g/mol. The predicted octanol–water partition coefficient (Wildman–Crippen LogP) is 2.86. The molecule has 3 rings (SSSR count). The van der Waals surface area contributed by atoms with E-state index >= 15 is 0 Å². The summed E-state index contributed by atoms with van der Waals surface area (Å²) in [6.07, 6.45) is 0. The third-order valence-corrected chi connectivity index (χ3v) is 3.50. The number of nitrogens with one attached hydrogen (secondary N) is 1. The lowest BCUT2D eigenvalue weighted by molar-refractivity contribution is 1.14. The van der Waals surface area contributed by atoms with Gasteiger partial charge in [0.2, 0.25) is 11.9 Å². The highest BCUT2D eigenvalue weighted by atomic mass is 35.5. The highest BCUT2D eigenvalue weighted by Gasteiger charge is 2.10. The molecule has 0 aliphatic rings. The summed E-state index contributed by atoms with van der Waals surface area (Å²) in [5.41, 5.74) is 16.9. The first-order valence-corrected chi connectivity index (χ1v) is 7.30. The van der Waals surface area contributed by atoms with E-state index in [4.69, 9.17) is 23.1 Å². The summed E-state index contributed by atoms with van der Waals surface area (Å²) in [4.78, 5) is 8.91. The summed E-state index contributed by atoms with van der Waals surface area (Å²) in [5, 5.41) is 5.22. The number of benzene rings is 2. The molecule has 0 fully saturated rings. The first-order chi connectivity index (χ1) is 11.0. The molecule has 0 aliphatic carbocycles. The van der Waals surface area contributed by atoms with E-state index in [1.807, 2.05) is 43.3 Å². The van der Waals surface area contributed by atoms with Crippen molar-refractivity contribution in [1.29, 1.82) is 0 Å². The molecule has 0 amide bonds. The number of hydrazone groups is 1. The van der Waals surface area contributed by atoms with Gasteiger partial charge in [-0.15, -0.1) is 5.10 Å². The van der Waals surface area contributed by atoms with E-state index in [0.717, 1.165) is 22.2 Å². The van der Waals surface area contributed by atoms with Crippen molar-refractivity contribution in [3.8, 4) is 11.3 Å². The Labute approximate surface area is 138 Å². The van der Waals surface area contributed by atoms with Crippen LogP contribution in [0.15, 0.2) is 47.6 Å². The molecule has 0 saturated heterocycles. The molecule has 3 aromatic rings. The number of nitrogens with two attached hydrogens (primary N) is 2. The maximum absolute atomic E-state index is 6.12. The highest BCUT2D eigenvalue weighted by Crippen LogP contribution is 2.29. The fraction of sp³-hybridized carbons (Fsp3) is 0.0625. The normalized spacial score (nSPS) is 10.5. The third-order valence-electron chi connectivity index (χ3n) is 3.27.